The molecule has 3 aromatic rings. The van der Waals surface area contributed by atoms with Gasteiger partial charge in [0.15, 0.2) is 0 Å². The van der Waals surface area contributed by atoms with Gasteiger partial charge in [0, 0.05) is 31.0 Å². The Morgan fingerprint density at radius 3 is 2.71 bits per heavy atom. The van der Waals surface area contributed by atoms with Crippen LogP contribution < -0.4 is 4.74 Å². The van der Waals surface area contributed by atoms with Gasteiger partial charge in [-0.1, -0.05) is 24.3 Å². The fraction of sp³-hybridized carbons (Fsp3) is 0.360. The number of fused-ring (bicyclic) bond motifs is 1. The van der Waals surface area contributed by atoms with Gasteiger partial charge in [0.1, 0.15) is 12.4 Å². The molecule has 1 aliphatic heterocycles. The molecular weight excluding hydrogens is 447 g/mol. The average molecular weight is 473 g/mol. The van der Waals surface area contributed by atoms with Crippen LogP contribution in [-0.2, 0) is 36.1 Å². The van der Waals surface area contributed by atoms with Gasteiger partial charge in [-0.15, -0.1) is 0 Å². The van der Waals surface area contributed by atoms with Crippen LogP contribution in [0.25, 0.3) is 0 Å². The van der Waals surface area contributed by atoms with E-state index in [0.29, 0.717) is 36.4 Å². The molecule has 34 heavy (non-hydrogen) atoms. The van der Waals surface area contributed by atoms with Crippen molar-refractivity contribution in [3.8, 4) is 5.75 Å². The molecule has 2 aromatic carbocycles. The lowest BCUT2D eigenvalue weighted by atomic mass is 9.91. The zero-order valence-electron chi connectivity index (χ0n) is 18.8. The Morgan fingerprint density at radius 2 is 1.97 bits per heavy atom. The van der Waals surface area contributed by atoms with Gasteiger partial charge in [-0.25, -0.2) is 0 Å². The van der Waals surface area contributed by atoms with Crippen LogP contribution in [0.1, 0.15) is 35.6 Å². The molecule has 1 amide bonds. The van der Waals surface area contributed by atoms with Crippen molar-refractivity contribution in [2.24, 2.45) is 0 Å². The number of carbonyl (C=O) groups is 1. The van der Waals surface area contributed by atoms with Crippen molar-refractivity contribution in [2.45, 2.75) is 44.6 Å². The van der Waals surface area contributed by atoms with E-state index >= 15 is 0 Å². The lowest BCUT2D eigenvalue weighted by Gasteiger charge is -2.25. The van der Waals surface area contributed by atoms with E-state index in [0.717, 1.165) is 17.7 Å². The number of aromatic nitrogens is 2. The molecule has 0 radical (unpaired) electrons. The molecule has 1 N–H and O–H groups in total. The molecule has 1 aromatic heterocycles. The lowest BCUT2D eigenvalue weighted by molar-refractivity contribution is -0.138. The number of benzene rings is 2. The number of amides is 1. The highest BCUT2D eigenvalue weighted by atomic mass is 19.4. The number of hydrogen-bond acceptors (Lipinski definition) is 4. The Bertz CT molecular complexity index is 1140. The number of alkyl halides is 3. The van der Waals surface area contributed by atoms with Crippen molar-refractivity contribution in [3.05, 3.63) is 83.2 Å². The largest absolute Gasteiger partial charge is 0.491 e. The summed E-state index contributed by atoms with van der Waals surface area (Å²) in [6, 6.07) is 12.1. The van der Waals surface area contributed by atoms with Crippen molar-refractivity contribution in [1.29, 1.82) is 0 Å². The van der Waals surface area contributed by atoms with Crippen LogP contribution in [0.2, 0.25) is 0 Å². The number of rotatable bonds is 6. The fourth-order valence-electron chi connectivity index (χ4n) is 4.00. The number of aliphatic hydroxyl groups is 1. The number of nitrogens with zero attached hydrogens (tertiary/aromatic N) is 3. The SMILES string of the molecule is CC(O)(CCn1cccn1)c1ccc2c(c1)CN(C(=O)Cc1cccc(C(F)(F)F)c1)CCO2. The van der Waals surface area contributed by atoms with Gasteiger partial charge in [-0.2, -0.15) is 18.3 Å². The summed E-state index contributed by atoms with van der Waals surface area (Å²) in [5, 5.41) is 15.2. The maximum atomic E-state index is 13.0. The second-order valence-electron chi connectivity index (χ2n) is 8.65. The molecule has 0 fully saturated rings. The molecule has 0 spiro atoms. The summed E-state index contributed by atoms with van der Waals surface area (Å²) < 4.78 is 46.6. The highest BCUT2D eigenvalue weighted by Crippen LogP contribution is 2.32. The maximum Gasteiger partial charge on any atom is 0.416 e. The Morgan fingerprint density at radius 1 is 1.15 bits per heavy atom. The molecule has 1 atom stereocenters. The standard InChI is InChI=1S/C25H26F3N3O3/c1-24(33,8-11-31-10-3-9-29-31)20-6-7-22-19(16-20)17-30(12-13-34-22)23(32)15-18-4-2-5-21(14-18)25(26,27)28/h2-7,9-10,14,16,33H,8,11-13,15,17H2,1H3. The third kappa shape index (κ3) is 5.59. The fourth-order valence-corrected chi connectivity index (χ4v) is 4.00. The summed E-state index contributed by atoms with van der Waals surface area (Å²) in [5.41, 5.74) is -0.161. The van der Waals surface area contributed by atoms with Gasteiger partial charge in [0.25, 0.3) is 0 Å². The first-order valence-electron chi connectivity index (χ1n) is 11.0. The van der Waals surface area contributed by atoms with Crippen molar-refractivity contribution < 1.29 is 27.8 Å². The van der Waals surface area contributed by atoms with Crippen LogP contribution >= 0.6 is 0 Å². The quantitative estimate of drug-likeness (QED) is 0.584. The van der Waals surface area contributed by atoms with E-state index in [1.807, 2.05) is 24.4 Å². The second kappa shape index (κ2) is 9.50. The highest BCUT2D eigenvalue weighted by molar-refractivity contribution is 5.79. The van der Waals surface area contributed by atoms with Crippen molar-refractivity contribution in [1.82, 2.24) is 14.7 Å². The van der Waals surface area contributed by atoms with Crippen LogP contribution in [0.3, 0.4) is 0 Å². The Balaban J connectivity index is 1.48. The normalized spacial score (nSPS) is 15.7. The molecular formula is C25H26F3N3O3. The highest BCUT2D eigenvalue weighted by Gasteiger charge is 2.31. The van der Waals surface area contributed by atoms with Crippen molar-refractivity contribution in [3.63, 3.8) is 0 Å². The maximum absolute atomic E-state index is 13.0. The van der Waals surface area contributed by atoms with Gasteiger partial charge >= 0.3 is 6.18 Å². The lowest BCUT2D eigenvalue weighted by Crippen LogP contribution is -2.33. The third-order valence-electron chi connectivity index (χ3n) is 6.01. The Hall–Kier alpha value is -3.33. The summed E-state index contributed by atoms with van der Waals surface area (Å²) in [4.78, 5) is 14.5. The monoisotopic (exact) mass is 473 g/mol. The smallest absolute Gasteiger partial charge is 0.416 e. The molecule has 0 bridgehead atoms. The van der Waals surface area contributed by atoms with E-state index in [1.165, 1.54) is 12.1 Å². The molecule has 1 unspecified atom stereocenters. The molecule has 2 heterocycles. The van der Waals surface area contributed by atoms with Crippen molar-refractivity contribution in [2.75, 3.05) is 13.2 Å². The van der Waals surface area contributed by atoms with Gasteiger partial charge in [-0.05, 0) is 48.7 Å². The van der Waals surface area contributed by atoms with E-state index < -0.39 is 17.3 Å². The summed E-state index contributed by atoms with van der Waals surface area (Å²) in [5.74, 6) is 0.340. The molecule has 180 valence electrons. The van der Waals surface area contributed by atoms with E-state index in [2.05, 4.69) is 5.10 Å². The number of hydrogen-bond donors (Lipinski definition) is 1. The molecule has 0 saturated heterocycles. The van der Waals surface area contributed by atoms with E-state index in [4.69, 9.17) is 4.74 Å². The van der Waals surface area contributed by atoms with Crippen LogP contribution in [-0.4, -0.2) is 38.8 Å². The number of carbonyl (C=O) groups excluding carboxylic acids is 1. The zero-order valence-corrected chi connectivity index (χ0v) is 18.8. The van der Waals surface area contributed by atoms with Crippen LogP contribution in [0.15, 0.2) is 60.9 Å². The summed E-state index contributed by atoms with van der Waals surface area (Å²) >= 11 is 0. The second-order valence-corrected chi connectivity index (χ2v) is 8.65. The van der Waals surface area contributed by atoms with Crippen LogP contribution in [0, 0.1) is 0 Å². The van der Waals surface area contributed by atoms with Gasteiger partial charge in [0.2, 0.25) is 5.91 Å². The zero-order chi connectivity index (χ0) is 24.3. The summed E-state index contributed by atoms with van der Waals surface area (Å²) in [6.07, 6.45) is -0.652. The van der Waals surface area contributed by atoms with Gasteiger partial charge < -0.3 is 14.7 Å². The van der Waals surface area contributed by atoms with Gasteiger partial charge in [0.05, 0.1) is 24.1 Å². The molecule has 0 aliphatic carbocycles. The first-order chi connectivity index (χ1) is 16.1. The summed E-state index contributed by atoms with van der Waals surface area (Å²) in [7, 11) is 0. The first-order valence-corrected chi connectivity index (χ1v) is 11.0. The predicted octanol–water partition coefficient (Wildman–Crippen LogP) is 4.16. The minimum Gasteiger partial charge on any atom is -0.491 e. The number of ether oxygens (including phenoxy) is 1. The van der Waals surface area contributed by atoms with Gasteiger partial charge in [-0.3, -0.25) is 9.48 Å². The Labute approximate surface area is 195 Å². The van der Waals surface area contributed by atoms with E-state index in [-0.39, 0.29) is 25.5 Å². The van der Waals surface area contributed by atoms with Crippen LogP contribution in [0.4, 0.5) is 13.2 Å². The molecule has 0 saturated carbocycles. The predicted molar refractivity (Wildman–Crippen MR) is 119 cm³/mol. The first kappa shape index (κ1) is 23.8. The minimum atomic E-state index is -4.46. The van der Waals surface area contributed by atoms with Crippen LogP contribution in [0.5, 0.6) is 5.75 Å². The molecule has 1 aliphatic rings. The van der Waals surface area contributed by atoms with E-state index in [9.17, 15) is 23.1 Å². The molecule has 6 nitrogen and oxygen atoms in total. The molecule has 4 rings (SSSR count). The summed E-state index contributed by atoms with van der Waals surface area (Å²) in [6.45, 7) is 3.10. The van der Waals surface area contributed by atoms with E-state index in [1.54, 1.807) is 28.8 Å². The molecule has 9 heteroatoms. The topological polar surface area (TPSA) is 67.6 Å². The average Bonchev–Trinajstić information content (AvgIpc) is 3.22. The van der Waals surface area contributed by atoms with Crippen molar-refractivity contribution >= 4 is 5.91 Å². The minimum absolute atomic E-state index is 0.138. The Kier molecular flexibility index (Phi) is 6.65. The number of aryl methyl sites for hydroxylation is 1. The third-order valence-corrected chi connectivity index (χ3v) is 6.01. The number of halogens is 3.